The average Bonchev–Trinajstić information content (AvgIpc) is 2.36. The highest BCUT2D eigenvalue weighted by Crippen LogP contribution is 2.26. The SMILES string of the molecule is CNC(c1ccccc1)c1cc(Cl)ccc1C. The molecule has 17 heavy (non-hydrogen) atoms. The molecule has 0 aliphatic carbocycles. The van der Waals surface area contributed by atoms with Crippen molar-refractivity contribution < 1.29 is 0 Å². The van der Waals surface area contributed by atoms with Gasteiger partial charge in [0.1, 0.15) is 0 Å². The summed E-state index contributed by atoms with van der Waals surface area (Å²) >= 11 is 6.08. The van der Waals surface area contributed by atoms with Crippen LogP contribution in [0, 0.1) is 6.92 Å². The lowest BCUT2D eigenvalue weighted by molar-refractivity contribution is 0.687. The summed E-state index contributed by atoms with van der Waals surface area (Å²) in [6.45, 7) is 2.11. The fourth-order valence-electron chi connectivity index (χ4n) is 2.07. The van der Waals surface area contributed by atoms with Gasteiger partial charge in [0.15, 0.2) is 0 Å². The molecular weight excluding hydrogens is 230 g/mol. The zero-order chi connectivity index (χ0) is 12.3. The van der Waals surface area contributed by atoms with E-state index in [1.165, 1.54) is 16.7 Å². The van der Waals surface area contributed by atoms with E-state index in [1.807, 2.05) is 25.2 Å². The Hall–Kier alpha value is -1.31. The van der Waals surface area contributed by atoms with E-state index in [-0.39, 0.29) is 6.04 Å². The van der Waals surface area contributed by atoms with E-state index >= 15 is 0 Å². The molecule has 0 amide bonds. The molecule has 1 atom stereocenters. The molecular formula is C15H16ClN. The lowest BCUT2D eigenvalue weighted by Crippen LogP contribution is -2.18. The van der Waals surface area contributed by atoms with Crippen molar-refractivity contribution in [3.8, 4) is 0 Å². The van der Waals surface area contributed by atoms with E-state index in [1.54, 1.807) is 0 Å². The number of hydrogen-bond donors (Lipinski definition) is 1. The van der Waals surface area contributed by atoms with Gasteiger partial charge in [-0.05, 0) is 42.8 Å². The molecule has 0 aliphatic heterocycles. The molecule has 0 aliphatic rings. The van der Waals surface area contributed by atoms with E-state index in [0.29, 0.717) is 0 Å². The lowest BCUT2D eigenvalue weighted by atomic mass is 9.95. The molecule has 0 bridgehead atoms. The summed E-state index contributed by atoms with van der Waals surface area (Å²) in [5, 5.41) is 4.12. The Morgan fingerprint density at radius 3 is 2.41 bits per heavy atom. The number of nitrogens with one attached hydrogen (secondary N) is 1. The van der Waals surface area contributed by atoms with Crippen molar-refractivity contribution in [3.63, 3.8) is 0 Å². The summed E-state index contributed by atoms with van der Waals surface area (Å²) in [4.78, 5) is 0. The first-order valence-corrected chi connectivity index (χ1v) is 6.08. The van der Waals surface area contributed by atoms with E-state index in [2.05, 4.69) is 42.6 Å². The van der Waals surface area contributed by atoms with Gasteiger partial charge < -0.3 is 5.32 Å². The number of rotatable bonds is 3. The van der Waals surface area contributed by atoms with Crippen LogP contribution in [0.1, 0.15) is 22.7 Å². The van der Waals surface area contributed by atoms with Crippen LogP contribution in [0.15, 0.2) is 48.5 Å². The maximum Gasteiger partial charge on any atom is 0.0577 e. The number of halogens is 1. The molecule has 2 rings (SSSR count). The molecule has 88 valence electrons. The zero-order valence-electron chi connectivity index (χ0n) is 10.1. The molecule has 2 heteroatoms. The van der Waals surface area contributed by atoms with E-state index < -0.39 is 0 Å². The summed E-state index contributed by atoms with van der Waals surface area (Å²) in [6, 6.07) is 16.6. The first kappa shape index (κ1) is 12.2. The van der Waals surface area contributed by atoms with Crippen molar-refractivity contribution in [2.24, 2.45) is 0 Å². The van der Waals surface area contributed by atoms with Crippen molar-refractivity contribution in [2.75, 3.05) is 7.05 Å². The van der Waals surface area contributed by atoms with Gasteiger partial charge >= 0.3 is 0 Å². The van der Waals surface area contributed by atoms with Gasteiger partial charge in [-0.3, -0.25) is 0 Å². The van der Waals surface area contributed by atoms with Crippen molar-refractivity contribution in [1.29, 1.82) is 0 Å². The molecule has 2 aromatic carbocycles. The van der Waals surface area contributed by atoms with Gasteiger partial charge in [0.25, 0.3) is 0 Å². The molecule has 0 radical (unpaired) electrons. The van der Waals surface area contributed by atoms with Crippen LogP contribution in [-0.2, 0) is 0 Å². The van der Waals surface area contributed by atoms with Crippen molar-refractivity contribution in [2.45, 2.75) is 13.0 Å². The highest BCUT2D eigenvalue weighted by atomic mass is 35.5. The third kappa shape index (κ3) is 2.68. The summed E-state index contributed by atoms with van der Waals surface area (Å²) in [6.07, 6.45) is 0. The third-order valence-corrected chi connectivity index (χ3v) is 3.21. The second-order valence-corrected chi connectivity index (χ2v) is 4.57. The maximum atomic E-state index is 6.08. The quantitative estimate of drug-likeness (QED) is 0.863. The summed E-state index contributed by atoms with van der Waals surface area (Å²) in [5.74, 6) is 0. The predicted octanol–water partition coefficient (Wildman–Crippen LogP) is 3.96. The number of aryl methyl sites for hydroxylation is 1. The van der Waals surface area contributed by atoms with Crippen LogP contribution >= 0.6 is 11.6 Å². The minimum absolute atomic E-state index is 0.190. The first-order valence-electron chi connectivity index (χ1n) is 5.70. The number of benzene rings is 2. The van der Waals surface area contributed by atoms with Crippen LogP contribution in [0.5, 0.6) is 0 Å². The molecule has 0 spiro atoms. The van der Waals surface area contributed by atoms with Crippen LogP contribution in [0.3, 0.4) is 0 Å². The van der Waals surface area contributed by atoms with Crippen LogP contribution in [0.2, 0.25) is 5.02 Å². The molecule has 1 nitrogen and oxygen atoms in total. The molecule has 1 N–H and O–H groups in total. The molecule has 2 aromatic rings. The Bertz CT molecular complexity index is 494. The minimum atomic E-state index is 0.190. The molecule has 0 saturated carbocycles. The molecule has 0 aromatic heterocycles. The van der Waals surface area contributed by atoms with Crippen LogP contribution in [0.4, 0.5) is 0 Å². The fraction of sp³-hybridized carbons (Fsp3) is 0.200. The van der Waals surface area contributed by atoms with Crippen LogP contribution < -0.4 is 5.32 Å². The average molecular weight is 246 g/mol. The maximum absolute atomic E-state index is 6.08. The van der Waals surface area contributed by atoms with Crippen molar-refractivity contribution in [3.05, 3.63) is 70.2 Å². The van der Waals surface area contributed by atoms with Gasteiger partial charge in [-0.25, -0.2) is 0 Å². The topological polar surface area (TPSA) is 12.0 Å². The van der Waals surface area contributed by atoms with Gasteiger partial charge in [-0.15, -0.1) is 0 Å². The van der Waals surface area contributed by atoms with Gasteiger partial charge in [-0.1, -0.05) is 48.0 Å². The highest BCUT2D eigenvalue weighted by molar-refractivity contribution is 6.30. The Morgan fingerprint density at radius 2 is 1.76 bits per heavy atom. The molecule has 0 fully saturated rings. The van der Waals surface area contributed by atoms with Crippen LogP contribution in [-0.4, -0.2) is 7.05 Å². The van der Waals surface area contributed by atoms with Crippen LogP contribution in [0.25, 0.3) is 0 Å². The monoisotopic (exact) mass is 245 g/mol. The molecule has 0 heterocycles. The first-order chi connectivity index (χ1) is 8.22. The van der Waals surface area contributed by atoms with Gasteiger partial charge in [0.05, 0.1) is 6.04 Å². The molecule has 1 unspecified atom stereocenters. The van der Waals surface area contributed by atoms with E-state index in [9.17, 15) is 0 Å². The molecule has 0 saturated heterocycles. The Morgan fingerprint density at radius 1 is 1.06 bits per heavy atom. The standard InChI is InChI=1S/C15H16ClN/c1-11-8-9-13(16)10-14(11)15(17-2)12-6-4-3-5-7-12/h3-10,15,17H,1-2H3. The Labute approximate surface area is 107 Å². The van der Waals surface area contributed by atoms with Gasteiger partial charge in [0.2, 0.25) is 0 Å². The Kier molecular flexibility index (Phi) is 3.82. The summed E-state index contributed by atoms with van der Waals surface area (Å²) in [7, 11) is 1.97. The smallest absolute Gasteiger partial charge is 0.0577 e. The third-order valence-electron chi connectivity index (χ3n) is 2.97. The van der Waals surface area contributed by atoms with E-state index in [0.717, 1.165) is 5.02 Å². The normalized spacial score (nSPS) is 12.4. The second-order valence-electron chi connectivity index (χ2n) is 4.13. The summed E-state index contributed by atoms with van der Waals surface area (Å²) < 4.78 is 0. The fourth-order valence-corrected chi connectivity index (χ4v) is 2.25. The van der Waals surface area contributed by atoms with E-state index in [4.69, 9.17) is 11.6 Å². The van der Waals surface area contributed by atoms with Gasteiger partial charge in [-0.2, -0.15) is 0 Å². The Balaban J connectivity index is 2.46. The highest BCUT2D eigenvalue weighted by Gasteiger charge is 2.13. The lowest BCUT2D eigenvalue weighted by Gasteiger charge is -2.19. The van der Waals surface area contributed by atoms with Crippen molar-refractivity contribution in [1.82, 2.24) is 5.32 Å². The number of hydrogen-bond acceptors (Lipinski definition) is 1. The summed E-state index contributed by atoms with van der Waals surface area (Å²) in [5.41, 5.74) is 3.73. The minimum Gasteiger partial charge on any atom is -0.309 e. The van der Waals surface area contributed by atoms with Crippen molar-refractivity contribution >= 4 is 11.6 Å². The van der Waals surface area contributed by atoms with Gasteiger partial charge in [0, 0.05) is 5.02 Å². The largest absolute Gasteiger partial charge is 0.309 e. The second kappa shape index (κ2) is 5.35. The zero-order valence-corrected chi connectivity index (χ0v) is 10.8. The predicted molar refractivity (Wildman–Crippen MR) is 73.5 cm³/mol.